The van der Waals surface area contributed by atoms with E-state index < -0.39 is 5.97 Å². The Balaban J connectivity index is 2.16. The van der Waals surface area contributed by atoms with Gasteiger partial charge in [-0.1, -0.05) is 34.1 Å². The molecule has 1 aromatic heterocycles. The monoisotopic (exact) mass is 384 g/mol. The highest BCUT2D eigenvalue weighted by Gasteiger charge is 2.14. The number of hydrogen-bond acceptors (Lipinski definition) is 4. The second-order valence-electron chi connectivity index (χ2n) is 5.61. The molecule has 3 aromatic rings. The zero-order valence-corrected chi connectivity index (χ0v) is 15.3. The fraction of sp³-hybridized carbons (Fsp3) is 0.158. The number of pyridine rings is 1. The first-order chi connectivity index (χ1) is 11.5. The highest BCUT2D eigenvalue weighted by Crippen LogP contribution is 2.30. The first-order valence-corrected chi connectivity index (χ1v) is 8.31. The van der Waals surface area contributed by atoms with Crippen LogP contribution in [0.5, 0.6) is 0 Å². The van der Waals surface area contributed by atoms with Gasteiger partial charge in [0, 0.05) is 15.5 Å². The standard InChI is InChI=1S/C19H17BrN2O2/c1-11-5-4-6-14-16(10-17(19(23)24-3)22-18(11)14)21-13-7-8-15(20)12(2)9-13/h4-10H,1-3H3,(H,21,22). The zero-order valence-electron chi connectivity index (χ0n) is 13.7. The second kappa shape index (κ2) is 6.61. The molecule has 0 atom stereocenters. The average Bonchev–Trinajstić information content (AvgIpc) is 2.58. The van der Waals surface area contributed by atoms with Crippen LogP contribution in [0.1, 0.15) is 21.6 Å². The summed E-state index contributed by atoms with van der Waals surface area (Å²) in [6, 6.07) is 13.7. The van der Waals surface area contributed by atoms with Crippen molar-refractivity contribution in [2.45, 2.75) is 13.8 Å². The fourth-order valence-electron chi connectivity index (χ4n) is 2.58. The normalized spacial score (nSPS) is 10.7. The fourth-order valence-corrected chi connectivity index (χ4v) is 2.83. The number of rotatable bonds is 3. The summed E-state index contributed by atoms with van der Waals surface area (Å²) in [4.78, 5) is 16.4. The summed E-state index contributed by atoms with van der Waals surface area (Å²) in [5.74, 6) is -0.449. The van der Waals surface area contributed by atoms with Gasteiger partial charge in [-0.3, -0.25) is 0 Å². The number of aryl methyl sites for hydroxylation is 2. The Hall–Kier alpha value is -2.40. The number of carbonyl (C=O) groups excluding carboxylic acids is 1. The number of para-hydroxylation sites is 1. The van der Waals surface area contributed by atoms with Gasteiger partial charge in [-0.05, 0) is 49.2 Å². The molecule has 0 aliphatic rings. The van der Waals surface area contributed by atoms with E-state index in [0.717, 1.165) is 37.9 Å². The van der Waals surface area contributed by atoms with E-state index in [4.69, 9.17) is 4.74 Å². The third-order valence-electron chi connectivity index (χ3n) is 3.87. The molecule has 0 saturated heterocycles. The van der Waals surface area contributed by atoms with Crippen LogP contribution < -0.4 is 5.32 Å². The van der Waals surface area contributed by atoms with Gasteiger partial charge in [0.15, 0.2) is 5.69 Å². The number of ether oxygens (including phenoxy) is 1. The van der Waals surface area contributed by atoms with Gasteiger partial charge in [-0.15, -0.1) is 0 Å². The molecule has 0 unspecified atom stereocenters. The van der Waals surface area contributed by atoms with Crippen molar-refractivity contribution in [2.75, 3.05) is 12.4 Å². The molecule has 1 heterocycles. The summed E-state index contributed by atoms with van der Waals surface area (Å²) in [5, 5.41) is 4.35. The molecular formula is C19H17BrN2O2. The molecule has 0 aliphatic carbocycles. The number of fused-ring (bicyclic) bond motifs is 1. The Labute approximate surface area is 149 Å². The summed E-state index contributed by atoms with van der Waals surface area (Å²) in [7, 11) is 1.36. The number of nitrogens with zero attached hydrogens (tertiary/aromatic N) is 1. The zero-order chi connectivity index (χ0) is 17.3. The van der Waals surface area contributed by atoms with Crippen molar-refractivity contribution in [2.24, 2.45) is 0 Å². The maximum absolute atomic E-state index is 12.0. The largest absolute Gasteiger partial charge is 0.464 e. The van der Waals surface area contributed by atoms with Crippen molar-refractivity contribution < 1.29 is 9.53 Å². The Bertz CT molecular complexity index is 938. The number of methoxy groups -OCH3 is 1. The molecule has 122 valence electrons. The lowest BCUT2D eigenvalue weighted by atomic mass is 10.1. The summed E-state index contributed by atoms with van der Waals surface area (Å²) in [6.07, 6.45) is 0. The number of carbonyl (C=O) groups is 1. The van der Waals surface area contributed by atoms with Gasteiger partial charge in [-0.2, -0.15) is 0 Å². The van der Waals surface area contributed by atoms with Crippen LogP contribution in [0, 0.1) is 13.8 Å². The highest BCUT2D eigenvalue weighted by atomic mass is 79.9. The minimum atomic E-state index is -0.449. The minimum Gasteiger partial charge on any atom is -0.464 e. The highest BCUT2D eigenvalue weighted by molar-refractivity contribution is 9.10. The lowest BCUT2D eigenvalue weighted by molar-refractivity contribution is 0.0594. The van der Waals surface area contributed by atoms with Gasteiger partial charge in [0.25, 0.3) is 0 Å². The van der Waals surface area contributed by atoms with Crippen LogP contribution in [0.2, 0.25) is 0 Å². The molecule has 1 N–H and O–H groups in total. The maximum atomic E-state index is 12.0. The third kappa shape index (κ3) is 3.12. The number of anilines is 2. The van der Waals surface area contributed by atoms with E-state index in [2.05, 4.69) is 26.2 Å². The van der Waals surface area contributed by atoms with Crippen molar-refractivity contribution in [1.82, 2.24) is 4.98 Å². The van der Waals surface area contributed by atoms with Crippen molar-refractivity contribution in [3.05, 3.63) is 63.8 Å². The Morgan fingerprint density at radius 2 is 1.92 bits per heavy atom. The Morgan fingerprint density at radius 3 is 2.62 bits per heavy atom. The molecule has 0 bridgehead atoms. The molecule has 2 aromatic carbocycles. The molecule has 4 nitrogen and oxygen atoms in total. The molecule has 0 spiro atoms. The number of nitrogens with one attached hydrogen (secondary N) is 1. The van der Waals surface area contributed by atoms with Gasteiger partial charge in [-0.25, -0.2) is 9.78 Å². The van der Waals surface area contributed by atoms with Gasteiger partial charge in [0.2, 0.25) is 0 Å². The Morgan fingerprint density at radius 1 is 1.12 bits per heavy atom. The molecule has 5 heteroatoms. The SMILES string of the molecule is COC(=O)c1cc(Nc2ccc(Br)c(C)c2)c2cccc(C)c2n1. The summed E-state index contributed by atoms with van der Waals surface area (Å²) in [5.41, 5.74) is 4.98. The van der Waals surface area contributed by atoms with E-state index >= 15 is 0 Å². The molecule has 0 fully saturated rings. The van der Waals surface area contributed by atoms with Crippen LogP contribution in [0.25, 0.3) is 10.9 Å². The summed E-state index contributed by atoms with van der Waals surface area (Å²) < 4.78 is 5.88. The third-order valence-corrected chi connectivity index (χ3v) is 4.76. The predicted molar refractivity (Wildman–Crippen MR) is 100.0 cm³/mol. The van der Waals surface area contributed by atoms with Crippen LogP contribution in [-0.4, -0.2) is 18.1 Å². The van der Waals surface area contributed by atoms with Crippen LogP contribution in [-0.2, 0) is 4.74 Å². The molecule has 0 radical (unpaired) electrons. The lowest BCUT2D eigenvalue weighted by Crippen LogP contribution is -2.06. The molecule has 3 rings (SSSR count). The van der Waals surface area contributed by atoms with E-state index in [1.54, 1.807) is 6.07 Å². The van der Waals surface area contributed by atoms with Crippen molar-refractivity contribution in [3.63, 3.8) is 0 Å². The summed E-state index contributed by atoms with van der Waals surface area (Å²) >= 11 is 3.51. The number of aromatic nitrogens is 1. The van der Waals surface area contributed by atoms with E-state index in [0.29, 0.717) is 0 Å². The summed E-state index contributed by atoms with van der Waals surface area (Å²) in [6.45, 7) is 4.01. The first-order valence-electron chi connectivity index (χ1n) is 7.51. The van der Waals surface area contributed by atoms with Gasteiger partial charge in [0.05, 0.1) is 18.3 Å². The van der Waals surface area contributed by atoms with Crippen molar-refractivity contribution in [3.8, 4) is 0 Å². The number of benzene rings is 2. The van der Waals surface area contributed by atoms with E-state index in [1.165, 1.54) is 7.11 Å². The molecule has 0 amide bonds. The lowest BCUT2D eigenvalue weighted by Gasteiger charge is -2.13. The quantitative estimate of drug-likeness (QED) is 0.634. The average molecular weight is 385 g/mol. The molecule has 24 heavy (non-hydrogen) atoms. The van der Waals surface area contributed by atoms with Crippen molar-refractivity contribution in [1.29, 1.82) is 0 Å². The van der Waals surface area contributed by atoms with Crippen LogP contribution in [0.15, 0.2) is 46.9 Å². The molecule has 0 aliphatic heterocycles. The number of esters is 1. The second-order valence-corrected chi connectivity index (χ2v) is 6.46. The van der Waals surface area contributed by atoms with Crippen LogP contribution >= 0.6 is 15.9 Å². The van der Waals surface area contributed by atoms with E-state index in [-0.39, 0.29) is 5.69 Å². The van der Waals surface area contributed by atoms with Crippen molar-refractivity contribution >= 4 is 44.2 Å². The van der Waals surface area contributed by atoms with Gasteiger partial charge >= 0.3 is 5.97 Å². The first kappa shape index (κ1) is 16.5. The van der Waals surface area contributed by atoms with Gasteiger partial charge in [0.1, 0.15) is 0 Å². The molecular weight excluding hydrogens is 368 g/mol. The van der Waals surface area contributed by atoms with E-state index in [1.807, 2.05) is 50.2 Å². The predicted octanol–water partition coefficient (Wildman–Crippen LogP) is 5.14. The molecule has 0 saturated carbocycles. The Kier molecular flexibility index (Phi) is 4.53. The van der Waals surface area contributed by atoms with Crippen LogP contribution in [0.4, 0.5) is 11.4 Å². The topological polar surface area (TPSA) is 51.2 Å². The number of hydrogen-bond donors (Lipinski definition) is 1. The number of halogens is 1. The smallest absolute Gasteiger partial charge is 0.356 e. The minimum absolute atomic E-state index is 0.288. The van der Waals surface area contributed by atoms with E-state index in [9.17, 15) is 4.79 Å². The van der Waals surface area contributed by atoms with Crippen LogP contribution in [0.3, 0.4) is 0 Å². The van der Waals surface area contributed by atoms with Gasteiger partial charge < -0.3 is 10.1 Å². The maximum Gasteiger partial charge on any atom is 0.356 e.